The van der Waals surface area contributed by atoms with E-state index < -0.39 is 0 Å². The van der Waals surface area contributed by atoms with Crippen LogP contribution in [0.15, 0.2) is 30.3 Å². The van der Waals surface area contributed by atoms with E-state index in [1.807, 2.05) is 0 Å². The lowest BCUT2D eigenvalue weighted by Gasteiger charge is -2.35. The molecule has 0 bridgehead atoms. The van der Waals surface area contributed by atoms with E-state index in [1.165, 1.54) is 5.56 Å². The van der Waals surface area contributed by atoms with Crippen molar-refractivity contribution in [3.63, 3.8) is 0 Å². The quantitative estimate of drug-likeness (QED) is 0.895. The molecule has 1 amide bonds. The Balaban J connectivity index is 1.52. The van der Waals surface area contributed by atoms with Gasteiger partial charge < -0.3 is 10.6 Å². The van der Waals surface area contributed by atoms with Crippen LogP contribution >= 0.6 is 0 Å². The largest absolute Gasteiger partial charge is 0.352 e. The first-order chi connectivity index (χ1) is 11.2. The number of nitrogens with zero attached hydrogens (tertiary/aromatic N) is 1. The number of hydrogen-bond acceptors (Lipinski definition) is 3. The van der Waals surface area contributed by atoms with E-state index in [9.17, 15) is 4.79 Å². The van der Waals surface area contributed by atoms with Crippen LogP contribution in [0, 0.1) is 5.92 Å². The molecule has 2 aliphatic heterocycles. The molecule has 2 heterocycles. The number of likely N-dealkylation sites (tertiary alicyclic amines) is 1. The van der Waals surface area contributed by atoms with Crippen molar-refractivity contribution in [3.05, 3.63) is 35.9 Å². The summed E-state index contributed by atoms with van der Waals surface area (Å²) in [5.41, 5.74) is 1.33. The maximum absolute atomic E-state index is 12.6. The van der Waals surface area contributed by atoms with Crippen LogP contribution in [0.5, 0.6) is 0 Å². The van der Waals surface area contributed by atoms with Crippen molar-refractivity contribution >= 4 is 5.91 Å². The van der Waals surface area contributed by atoms with Crippen LogP contribution in [0.1, 0.15) is 38.2 Å². The van der Waals surface area contributed by atoms with E-state index in [4.69, 9.17) is 0 Å². The van der Waals surface area contributed by atoms with Crippen molar-refractivity contribution in [2.45, 2.75) is 51.2 Å². The van der Waals surface area contributed by atoms with Crippen molar-refractivity contribution in [3.8, 4) is 0 Å². The predicted molar refractivity (Wildman–Crippen MR) is 93.1 cm³/mol. The number of rotatable bonds is 4. The molecule has 2 fully saturated rings. The zero-order valence-electron chi connectivity index (χ0n) is 14.1. The van der Waals surface area contributed by atoms with Gasteiger partial charge in [0.05, 0.1) is 5.92 Å². The summed E-state index contributed by atoms with van der Waals surface area (Å²) in [4.78, 5) is 15.1. The third-order valence-electron chi connectivity index (χ3n) is 5.21. The third-order valence-corrected chi connectivity index (χ3v) is 5.21. The molecular weight excluding hydrogens is 286 g/mol. The van der Waals surface area contributed by atoms with Crippen LogP contribution in [-0.2, 0) is 11.3 Å². The van der Waals surface area contributed by atoms with Crippen LogP contribution in [-0.4, -0.2) is 42.5 Å². The van der Waals surface area contributed by atoms with Crippen LogP contribution in [0.3, 0.4) is 0 Å². The molecule has 2 N–H and O–H groups in total. The molecule has 23 heavy (non-hydrogen) atoms. The van der Waals surface area contributed by atoms with Crippen molar-refractivity contribution in [1.29, 1.82) is 0 Å². The predicted octanol–water partition coefficient (Wildman–Crippen LogP) is 2.16. The number of piperidine rings is 2. The molecule has 0 radical (unpaired) electrons. The van der Waals surface area contributed by atoms with Crippen LogP contribution in [0.4, 0.5) is 0 Å². The summed E-state index contributed by atoms with van der Waals surface area (Å²) in [6.07, 6.45) is 4.38. The Labute approximate surface area is 139 Å². The smallest absolute Gasteiger partial charge is 0.224 e. The first kappa shape index (κ1) is 16.5. The van der Waals surface area contributed by atoms with E-state index in [0.29, 0.717) is 12.1 Å². The second-order valence-electron chi connectivity index (χ2n) is 7.06. The van der Waals surface area contributed by atoms with Crippen molar-refractivity contribution in [2.24, 2.45) is 5.92 Å². The number of benzene rings is 1. The summed E-state index contributed by atoms with van der Waals surface area (Å²) in [5.74, 6) is 0.393. The van der Waals surface area contributed by atoms with Gasteiger partial charge in [0, 0.05) is 25.2 Å². The average Bonchev–Trinajstić information content (AvgIpc) is 2.58. The molecule has 126 valence electrons. The van der Waals surface area contributed by atoms with E-state index in [-0.39, 0.29) is 11.8 Å². The molecule has 0 saturated carbocycles. The molecule has 0 aromatic heterocycles. The number of hydrogen-bond donors (Lipinski definition) is 2. The first-order valence-electron chi connectivity index (χ1n) is 9.02. The highest BCUT2D eigenvalue weighted by Crippen LogP contribution is 2.20. The Bertz CT molecular complexity index is 505. The average molecular weight is 315 g/mol. The molecule has 1 aromatic carbocycles. The van der Waals surface area contributed by atoms with Crippen molar-refractivity contribution in [2.75, 3.05) is 19.6 Å². The summed E-state index contributed by atoms with van der Waals surface area (Å²) in [6.45, 7) is 6.18. The lowest BCUT2D eigenvalue weighted by atomic mass is 9.94. The molecule has 2 saturated heterocycles. The highest BCUT2D eigenvalue weighted by molar-refractivity contribution is 5.79. The minimum Gasteiger partial charge on any atom is -0.352 e. The fourth-order valence-corrected chi connectivity index (χ4v) is 3.80. The first-order valence-corrected chi connectivity index (χ1v) is 9.02. The van der Waals surface area contributed by atoms with Gasteiger partial charge in [-0.2, -0.15) is 0 Å². The molecule has 0 spiro atoms. The van der Waals surface area contributed by atoms with Gasteiger partial charge in [0.15, 0.2) is 0 Å². The fourth-order valence-electron chi connectivity index (χ4n) is 3.80. The van der Waals surface area contributed by atoms with Crippen molar-refractivity contribution < 1.29 is 4.79 Å². The van der Waals surface area contributed by atoms with E-state index in [2.05, 4.69) is 52.8 Å². The second-order valence-corrected chi connectivity index (χ2v) is 7.06. The van der Waals surface area contributed by atoms with E-state index in [1.54, 1.807) is 0 Å². The molecule has 3 rings (SSSR count). The highest BCUT2D eigenvalue weighted by Gasteiger charge is 2.29. The van der Waals surface area contributed by atoms with E-state index >= 15 is 0 Å². The van der Waals surface area contributed by atoms with Gasteiger partial charge in [-0.25, -0.2) is 0 Å². The summed E-state index contributed by atoms with van der Waals surface area (Å²) in [5, 5.41) is 6.75. The number of nitrogens with one attached hydrogen (secondary N) is 2. The number of amides is 1. The van der Waals surface area contributed by atoms with Gasteiger partial charge in [-0.1, -0.05) is 30.3 Å². The molecule has 2 aliphatic rings. The van der Waals surface area contributed by atoms with E-state index in [0.717, 1.165) is 51.9 Å². The molecule has 4 heteroatoms. The summed E-state index contributed by atoms with van der Waals surface area (Å²) < 4.78 is 0. The van der Waals surface area contributed by atoms with Gasteiger partial charge in [0.2, 0.25) is 5.91 Å². The lowest BCUT2D eigenvalue weighted by Crippen LogP contribution is -2.54. The van der Waals surface area contributed by atoms with Crippen molar-refractivity contribution in [1.82, 2.24) is 15.5 Å². The Morgan fingerprint density at radius 3 is 2.87 bits per heavy atom. The van der Waals surface area contributed by atoms with Gasteiger partial charge >= 0.3 is 0 Å². The normalized spacial score (nSPS) is 29.2. The Kier molecular flexibility index (Phi) is 5.68. The van der Waals surface area contributed by atoms with Crippen LogP contribution in [0.2, 0.25) is 0 Å². The molecule has 0 aliphatic carbocycles. The number of carbonyl (C=O) groups excluding carboxylic acids is 1. The molecule has 3 atom stereocenters. The summed E-state index contributed by atoms with van der Waals surface area (Å²) in [6, 6.07) is 11.2. The lowest BCUT2D eigenvalue weighted by molar-refractivity contribution is -0.127. The van der Waals surface area contributed by atoms with Gasteiger partial charge in [-0.3, -0.25) is 9.69 Å². The maximum atomic E-state index is 12.6. The standard InChI is InChI=1S/C19H29N3O/c1-15-18(10-5-11-20-15)21-19(23)17-9-6-12-22(14-17)13-16-7-3-2-4-8-16/h2-4,7-8,15,17-18,20H,5-6,9-14H2,1H3,(H,21,23). The zero-order chi connectivity index (χ0) is 16.1. The SMILES string of the molecule is CC1NCCCC1NC(=O)C1CCCN(Cc2ccccc2)C1. The van der Waals surface area contributed by atoms with Crippen LogP contribution in [0.25, 0.3) is 0 Å². The third kappa shape index (κ3) is 4.55. The zero-order valence-corrected chi connectivity index (χ0v) is 14.1. The van der Waals surface area contributed by atoms with Gasteiger partial charge in [-0.15, -0.1) is 0 Å². The number of carbonyl (C=O) groups is 1. The molecule has 1 aromatic rings. The second kappa shape index (κ2) is 7.93. The summed E-state index contributed by atoms with van der Waals surface area (Å²) in [7, 11) is 0. The Hall–Kier alpha value is -1.39. The fraction of sp³-hybridized carbons (Fsp3) is 0.632. The molecular formula is C19H29N3O. The van der Waals surface area contributed by atoms with Crippen LogP contribution < -0.4 is 10.6 Å². The van der Waals surface area contributed by atoms with Gasteiger partial charge in [0.25, 0.3) is 0 Å². The Morgan fingerprint density at radius 1 is 1.26 bits per heavy atom. The topological polar surface area (TPSA) is 44.4 Å². The maximum Gasteiger partial charge on any atom is 0.224 e. The highest BCUT2D eigenvalue weighted by atomic mass is 16.2. The monoisotopic (exact) mass is 315 g/mol. The minimum atomic E-state index is 0.140. The minimum absolute atomic E-state index is 0.140. The molecule has 4 nitrogen and oxygen atoms in total. The van der Waals surface area contributed by atoms with Gasteiger partial charge in [0.1, 0.15) is 0 Å². The Morgan fingerprint density at radius 2 is 2.09 bits per heavy atom. The van der Waals surface area contributed by atoms with Gasteiger partial charge in [-0.05, 0) is 51.3 Å². The summed E-state index contributed by atoms with van der Waals surface area (Å²) >= 11 is 0. The molecule has 3 unspecified atom stereocenters.